The lowest BCUT2D eigenvalue weighted by atomic mass is 9.43. The molecule has 4 saturated carbocycles. The first-order valence-corrected chi connectivity index (χ1v) is 16.9. The van der Waals surface area contributed by atoms with Gasteiger partial charge in [0.1, 0.15) is 0 Å². The van der Waals surface area contributed by atoms with Gasteiger partial charge in [-0.25, -0.2) is 0 Å². The number of fused-ring (bicyclic) bond motifs is 5. The number of carbonyl (C=O) groups is 1. The van der Waals surface area contributed by atoms with Gasteiger partial charge in [-0.05, 0) is 135 Å². The van der Waals surface area contributed by atoms with Crippen LogP contribution in [0.5, 0.6) is 0 Å². The van der Waals surface area contributed by atoms with Crippen LogP contribution in [0.4, 0.5) is 0 Å². The van der Waals surface area contributed by atoms with Crippen molar-refractivity contribution in [3.05, 3.63) is 35.9 Å². The number of hydrogen-bond donors (Lipinski definition) is 2. The molecule has 1 aliphatic heterocycles. The Hall–Kier alpha value is -1.39. The molecule has 1 amide bonds. The first kappa shape index (κ1) is 28.7. The van der Waals surface area contributed by atoms with Crippen LogP contribution in [-0.2, 0) is 11.2 Å². The molecule has 1 saturated heterocycles. The van der Waals surface area contributed by atoms with Crippen LogP contribution < -0.4 is 0 Å². The number of nitrogens with zero attached hydrogens (tertiary/aromatic N) is 1. The number of aliphatic hydroxyl groups is 2. The Morgan fingerprint density at radius 2 is 1.70 bits per heavy atom. The zero-order valence-corrected chi connectivity index (χ0v) is 25.4. The molecule has 10 atom stereocenters. The summed E-state index contributed by atoms with van der Waals surface area (Å²) in [6, 6.07) is 10.8. The first-order chi connectivity index (χ1) is 19.2. The Labute approximate surface area is 243 Å². The Morgan fingerprint density at radius 1 is 0.950 bits per heavy atom. The van der Waals surface area contributed by atoms with Gasteiger partial charge < -0.3 is 15.1 Å². The van der Waals surface area contributed by atoms with E-state index in [1.807, 2.05) is 0 Å². The third-order valence-corrected chi connectivity index (χ3v) is 13.7. The fraction of sp³-hybridized carbons (Fsp3) is 0.806. The molecule has 0 aromatic heterocycles. The van der Waals surface area contributed by atoms with Crippen molar-refractivity contribution in [1.29, 1.82) is 0 Å². The van der Waals surface area contributed by atoms with Gasteiger partial charge in [-0.2, -0.15) is 0 Å². The minimum Gasteiger partial charge on any atom is -0.393 e. The van der Waals surface area contributed by atoms with E-state index >= 15 is 0 Å². The molecule has 1 aromatic carbocycles. The highest BCUT2D eigenvalue weighted by molar-refractivity contribution is 5.76. The summed E-state index contributed by atoms with van der Waals surface area (Å²) in [5.74, 6) is 4.58. The number of likely N-dealkylation sites (tertiary alicyclic amines) is 1. The molecule has 40 heavy (non-hydrogen) atoms. The zero-order chi connectivity index (χ0) is 28.1. The van der Waals surface area contributed by atoms with Crippen molar-refractivity contribution in [1.82, 2.24) is 4.90 Å². The smallest absolute Gasteiger partial charge is 0.222 e. The largest absolute Gasteiger partial charge is 0.393 e. The molecule has 4 heteroatoms. The van der Waals surface area contributed by atoms with Crippen LogP contribution in [0.3, 0.4) is 0 Å². The maximum atomic E-state index is 13.2. The van der Waals surface area contributed by atoms with E-state index in [4.69, 9.17) is 0 Å². The molecule has 4 aliphatic carbocycles. The van der Waals surface area contributed by atoms with Crippen molar-refractivity contribution in [2.45, 2.75) is 116 Å². The normalized spacial score (nSPS) is 42.5. The molecular formula is C36H55NO3. The van der Waals surface area contributed by atoms with Gasteiger partial charge >= 0.3 is 0 Å². The van der Waals surface area contributed by atoms with Crippen LogP contribution in [0.25, 0.3) is 0 Å². The van der Waals surface area contributed by atoms with E-state index in [0.29, 0.717) is 47.8 Å². The number of carbonyl (C=O) groups excluding carboxylic acids is 1. The van der Waals surface area contributed by atoms with Crippen molar-refractivity contribution in [3.8, 4) is 0 Å². The Balaban J connectivity index is 1.03. The Kier molecular flexibility index (Phi) is 8.16. The van der Waals surface area contributed by atoms with Crippen molar-refractivity contribution in [3.63, 3.8) is 0 Å². The number of rotatable bonds is 6. The third-order valence-electron chi connectivity index (χ3n) is 13.7. The summed E-state index contributed by atoms with van der Waals surface area (Å²) in [6.45, 7) is 9.11. The maximum absolute atomic E-state index is 13.2. The predicted octanol–water partition coefficient (Wildman–Crippen LogP) is 6.87. The number of benzene rings is 1. The number of piperidine rings is 1. The molecule has 6 rings (SSSR count). The van der Waals surface area contributed by atoms with E-state index in [0.717, 1.165) is 70.4 Å². The van der Waals surface area contributed by atoms with Gasteiger partial charge in [0.05, 0.1) is 12.2 Å². The molecule has 5 aliphatic rings. The lowest BCUT2D eigenvalue weighted by Crippen LogP contribution is -2.58. The van der Waals surface area contributed by atoms with Gasteiger partial charge in [-0.3, -0.25) is 4.79 Å². The van der Waals surface area contributed by atoms with E-state index < -0.39 is 0 Å². The fourth-order valence-electron chi connectivity index (χ4n) is 11.2. The van der Waals surface area contributed by atoms with Gasteiger partial charge in [0.2, 0.25) is 5.91 Å². The molecule has 0 radical (unpaired) electrons. The summed E-state index contributed by atoms with van der Waals surface area (Å²) in [5, 5.41) is 22.2. The number of hydrogen-bond acceptors (Lipinski definition) is 3. The zero-order valence-electron chi connectivity index (χ0n) is 25.4. The van der Waals surface area contributed by atoms with Gasteiger partial charge in [-0.15, -0.1) is 0 Å². The number of aliphatic hydroxyl groups excluding tert-OH is 2. The van der Waals surface area contributed by atoms with Crippen LogP contribution >= 0.6 is 0 Å². The fourth-order valence-corrected chi connectivity index (χ4v) is 11.2. The summed E-state index contributed by atoms with van der Waals surface area (Å²) in [7, 11) is 0. The van der Waals surface area contributed by atoms with Gasteiger partial charge in [-0.1, -0.05) is 51.1 Å². The topological polar surface area (TPSA) is 60.8 Å². The van der Waals surface area contributed by atoms with E-state index in [-0.39, 0.29) is 23.0 Å². The lowest BCUT2D eigenvalue weighted by Gasteiger charge is -2.62. The van der Waals surface area contributed by atoms with Crippen LogP contribution in [0.1, 0.15) is 103 Å². The van der Waals surface area contributed by atoms with Crippen LogP contribution in [0.2, 0.25) is 0 Å². The van der Waals surface area contributed by atoms with Crippen LogP contribution in [0, 0.1) is 52.3 Å². The van der Waals surface area contributed by atoms with Crippen LogP contribution in [-0.4, -0.2) is 46.3 Å². The highest BCUT2D eigenvalue weighted by Gasteiger charge is 2.63. The van der Waals surface area contributed by atoms with E-state index in [1.165, 1.54) is 31.2 Å². The minimum atomic E-state index is -0.240. The highest BCUT2D eigenvalue weighted by atomic mass is 16.3. The van der Waals surface area contributed by atoms with E-state index in [2.05, 4.69) is 56.0 Å². The average molecular weight is 550 g/mol. The lowest BCUT2D eigenvalue weighted by molar-refractivity contribution is -0.175. The van der Waals surface area contributed by atoms with Gasteiger partial charge in [0.15, 0.2) is 0 Å². The molecule has 5 fully saturated rings. The summed E-state index contributed by atoms with van der Waals surface area (Å²) in [6.07, 6.45) is 13.6. The van der Waals surface area contributed by atoms with Crippen molar-refractivity contribution < 1.29 is 15.0 Å². The molecule has 222 valence electrons. The van der Waals surface area contributed by atoms with Crippen molar-refractivity contribution in [2.24, 2.45) is 52.3 Å². The maximum Gasteiger partial charge on any atom is 0.222 e. The summed E-state index contributed by atoms with van der Waals surface area (Å²) in [5.41, 5.74) is 1.69. The number of amides is 1. The van der Waals surface area contributed by atoms with E-state index in [9.17, 15) is 15.0 Å². The molecule has 0 spiro atoms. The summed E-state index contributed by atoms with van der Waals surface area (Å²) < 4.78 is 0. The third kappa shape index (κ3) is 5.08. The molecule has 1 aromatic rings. The summed E-state index contributed by atoms with van der Waals surface area (Å²) >= 11 is 0. The average Bonchev–Trinajstić information content (AvgIpc) is 3.32. The van der Waals surface area contributed by atoms with Crippen molar-refractivity contribution in [2.75, 3.05) is 13.1 Å². The quantitative estimate of drug-likeness (QED) is 0.407. The highest BCUT2D eigenvalue weighted by Crippen LogP contribution is 2.68. The van der Waals surface area contributed by atoms with Crippen molar-refractivity contribution >= 4 is 5.91 Å². The first-order valence-electron chi connectivity index (χ1n) is 16.9. The summed E-state index contributed by atoms with van der Waals surface area (Å²) in [4.78, 5) is 15.4. The second-order valence-corrected chi connectivity index (χ2v) is 15.4. The van der Waals surface area contributed by atoms with Gasteiger partial charge in [0, 0.05) is 19.5 Å². The van der Waals surface area contributed by atoms with E-state index in [1.54, 1.807) is 0 Å². The molecular weight excluding hydrogens is 494 g/mol. The molecule has 0 bridgehead atoms. The molecule has 0 unspecified atom stereocenters. The monoisotopic (exact) mass is 549 g/mol. The Bertz CT molecular complexity index is 1020. The standard InChI is InChI=1S/C36H55NO3/c1-24(9-14-34(40)37-19-16-26(17-20-37)21-25-7-5-4-6-8-25)30-12-13-31-29-11-10-27-22-28(38)15-18-35(27,2)32(29)23-33(39)36(30,31)3/h4-8,24,26-33,38-39H,9-23H2,1-3H3/t24-,27+,28-,29+,30+,31-,32-,33+,35+,36-/m1/s1. The second-order valence-electron chi connectivity index (χ2n) is 15.4. The Morgan fingerprint density at radius 3 is 2.45 bits per heavy atom. The molecule has 4 nitrogen and oxygen atoms in total. The molecule has 1 heterocycles. The van der Waals surface area contributed by atoms with Gasteiger partial charge in [0.25, 0.3) is 0 Å². The predicted molar refractivity (Wildman–Crippen MR) is 160 cm³/mol. The minimum absolute atomic E-state index is 0.0171. The van der Waals surface area contributed by atoms with Crippen LogP contribution in [0.15, 0.2) is 30.3 Å². The second kappa shape index (κ2) is 11.4. The molecule has 2 N–H and O–H groups in total. The SMILES string of the molecule is C[C@H](CCC(=O)N1CCC(Cc2ccccc2)CC1)[C@@H]1CC[C@@H]2[C@@H]3CC[C@H]4C[C@H](O)CC[C@]4(C)[C@@H]3C[C@H](O)[C@@]21C.